The van der Waals surface area contributed by atoms with Crippen molar-refractivity contribution in [2.24, 2.45) is 5.92 Å². The maximum Gasteiger partial charge on any atom is 0.329 e. The highest BCUT2D eigenvalue weighted by Gasteiger charge is 2.29. The molecule has 0 saturated carbocycles. The third kappa shape index (κ3) is 3.45. The fourth-order valence-corrected chi connectivity index (χ4v) is 2.61. The summed E-state index contributed by atoms with van der Waals surface area (Å²) in [6, 6.07) is 1.02. The molecule has 1 atom stereocenters. The summed E-state index contributed by atoms with van der Waals surface area (Å²) in [5.74, 6) is -0.519. The van der Waals surface area contributed by atoms with Crippen LogP contribution < -0.4 is 10.3 Å². The Hall–Kier alpha value is -1.81. The van der Waals surface area contributed by atoms with Crippen LogP contribution in [0.15, 0.2) is 15.5 Å². The zero-order chi connectivity index (χ0) is 16.2. The van der Waals surface area contributed by atoms with Gasteiger partial charge in [0, 0.05) is 6.20 Å². The highest BCUT2D eigenvalue weighted by Crippen LogP contribution is 2.28. The largest absolute Gasteiger partial charge is 0.494 e. The molecule has 1 aromatic rings. The standard InChI is InChI=1S/C14H17BrN2O4/c1-5-21-14(19)11(8(2)3)17-7-10(15)12(20-4)9(6-16)13(17)18/h7-8,11H,5H2,1-4H3. The quantitative estimate of drug-likeness (QED) is 0.755. The van der Waals surface area contributed by atoms with Gasteiger partial charge < -0.3 is 9.47 Å². The average Bonchev–Trinajstić information content (AvgIpc) is 2.41. The van der Waals surface area contributed by atoms with E-state index in [1.54, 1.807) is 20.8 Å². The summed E-state index contributed by atoms with van der Waals surface area (Å²) in [5, 5.41) is 9.16. The summed E-state index contributed by atoms with van der Waals surface area (Å²) < 4.78 is 11.7. The molecule has 21 heavy (non-hydrogen) atoms. The van der Waals surface area contributed by atoms with Gasteiger partial charge in [0.1, 0.15) is 12.1 Å². The van der Waals surface area contributed by atoms with Crippen LogP contribution in [0.5, 0.6) is 5.75 Å². The molecule has 0 amide bonds. The topological polar surface area (TPSA) is 81.3 Å². The SMILES string of the molecule is CCOC(=O)C(C(C)C)n1cc(Br)c(OC)c(C#N)c1=O. The maximum atomic E-state index is 12.4. The van der Waals surface area contributed by atoms with E-state index < -0.39 is 17.6 Å². The smallest absolute Gasteiger partial charge is 0.329 e. The van der Waals surface area contributed by atoms with Crippen LogP contribution >= 0.6 is 15.9 Å². The molecule has 7 heteroatoms. The summed E-state index contributed by atoms with van der Waals surface area (Å²) in [4.78, 5) is 24.5. The number of carbonyl (C=O) groups is 1. The molecule has 0 N–H and O–H groups in total. The van der Waals surface area contributed by atoms with Crippen molar-refractivity contribution in [1.29, 1.82) is 5.26 Å². The van der Waals surface area contributed by atoms with Gasteiger partial charge in [-0.25, -0.2) is 4.79 Å². The molecule has 0 bridgehead atoms. The fraction of sp³-hybridized carbons (Fsp3) is 0.500. The fourth-order valence-electron chi connectivity index (χ4n) is 2.02. The van der Waals surface area contributed by atoms with Gasteiger partial charge in [0.05, 0.1) is 18.2 Å². The lowest BCUT2D eigenvalue weighted by Gasteiger charge is -2.22. The minimum Gasteiger partial charge on any atom is -0.494 e. The number of aromatic nitrogens is 1. The number of methoxy groups -OCH3 is 1. The number of halogens is 1. The number of hydrogen-bond donors (Lipinski definition) is 0. The Bertz CT molecular complexity index is 631. The van der Waals surface area contributed by atoms with E-state index in [-0.39, 0.29) is 23.8 Å². The second-order valence-electron chi connectivity index (χ2n) is 4.65. The molecular formula is C14H17BrN2O4. The van der Waals surface area contributed by atoms with E-state index in [2.05, 4.69) is 15.9 Å². The van der Waals surface area contributed by atoms with Crippen LogP contribution in [-0.4, -0.2) is 24.3 Å². The second kappa shape index (κ2) is 7.27. The monoisotopic (exact) mass is 356 g/mol. The molecule has 0 aliphatic carbocycles. The predicted octanol–water partition coefficient (Wildman–Crippen LogP) is 2.25. The molecule has 0 aliphatic rings. The highest BCUT2D eigenvalue weighted by atomic mass is 79.9. The molecule has 1 heterocycles. The maximum absolute atomic E-state index is 12.4. The number of esters is 1. The Balaban J connectivity index is 3.55. The Labute approximate surface area is 131 Å². The van der Waals surface area contributed by atoms with Crippen LogP contribution in [0.2, 0.25) is 0 Å². The van der Waals surface area contributed by atoms with Crippen molar-refractivity contribution in [2.45, 2.75) is 26.8 Å². The number of rotatable bonds is 5. The minimum absolute atomic E-state index is 0.151. The molecule has 1 rings (SSSR count). The highest BCUT2D eigenvalue weighted by molar-refractivity contribution is 9.10. The number of carbonyl (C=O) groups excluding carboxylic acids is 1. The van der Waals surface area contributed by atoms with Crippen molar-refractivity contribution < 1.29 is 14.3 Å². The first kappa shape index (κ1) is 17.2. The second-order valence-corrected chi connectivity index (χ2v) is 5.50. The van der Waals surface area contributed by atoms with E-state index in [0.717, 1.165) is 0 Å². The van der Waals surface area contributed by atoms with Crippen molar-refractivity contribution in [3.8, 4) is 11.8 Å². The first-order valence-corrected chi connectivity index (χ1v) is 7.23. The van der Waals surface area contributed by atoms with Crippen molar-refractivity contribution in [1.82, 2.24) is 4.57 Å². The van der Waals surface area contributed by atoms with Crippen LogP contribution in [0.4, 0.5) is 0 Å². The van der Waals surface area contributed by atoms with Gasteiger partial charge in [-0.05, 0) is 28.8 Å². The normalized spacial score (nSPS) is 11.9. The van der Waals surface area contributed by atoms with Gasteiger partial charge in [0.2, 0.25) is 0 Å². The molecule has 0 radical (unpaired) electrons. The number of ether oxygens (including phenoxy) is 2. The average molecular weight is 357 g/mol. The molecule has 0 spiro atoms. The van der Waals surface area contributed by atoms with Gasteiger partial charge in [-0.1, -0.05) is 13.8 Å². The summed E-state index contributed by atoms with van der Waals surface area (Å²) in [7, 11) is 1.37. The number of nitriles is 1. The number of nitrogens with zero attached hydrogens (tertiary/aromatic N) is 2. The van der Waals surface area contributed by atoms with E-state index in [4.69, 9.17) is 14.7 Å². The zero-order valence-electron chi connectivity index (χ0n) is 12.3. The van der Waals surface area contributed by atoms with Gasteiger partial charge in [-0.2, -0.15) is 5.26 Å². The minimum atomic E-state index is -0.799. The van der Waals surface area contributed by atoms with E-state index in [9.17, 15) is 9.59 Å². The molecule has 1 unspecified atom stereocenters. The molecule has 6 nitrogen and oxygen atoms in total. The van der Waals surface area contributed by atoms with Crippen LogP contribution in [-0.2, 0) is 9.53 Å². The molecule has 1 aromatic heterocycles. The first-order chi connectivity index (χ1) is 9.88. The third-order valence-electron chi connectivity index (χ3n) is 2.92. The molecule has 0 saturated heterocycles. The lowest BCUT2D eigenvalue weighted by molar-refractivity contribution is -0.148. The van der Waals surface area contributed by atoms with Gasteiger partial charge in [-0.15, -0.1) is 0 Å². The summed E-state index contributed by atoms with van der Waals surface area (Å²) in [5.41, 5.74) is -0.730. The number of pyridine rings is 1. The van der Waals surface area contributed by atoms with Gasteiger partial charge in [0.25, 0.3) is 5.56 Å². The van der Waals surface area contributed by atoms with Crippen LogP contribution in [0.1, 0.15) is 32.4 Å². The van der Waals surface area contributed by atoms with Crippen LogP contribution in [0, 0.1) is 17.2 Å². The van der Waals surface area contributed by atoms with Crippen molar-refractivity contribution in [3.63, 3.8) is 0 Å². The zero-order valence-corrected chi connectivity index (χ0v) is 13.9. The van der Waals surface area contributed by atoms with Gasteiger partial charge in [-0.3, -0.25) is 9.36 Å². The lowest BCUT2D eigenvalue weighted by atomic mass is 10.0. The van der Waals surface area contributed by atoms with E-state index in [0.29, 0.717) is 4.47 Å². The van der Waals surface area contributed by atoms with Crippen molar-refractivity contribution in [3.05, 3.63) is 26.6 Å². The molecule has 0 aliphatic heterocycles. The van der Waals surface area contributed by atoms with Crippen LogP contribution in [0.25, 0.3) is 0 Å². The summed E-state index contributed by atoms with van der Waals surface area (Å²) in [6.07, 6.45) is 1.45. The molecule has 0 fully saturated rings. The Kier molecular flexibility index (Phi) is 5.97. The molecular weight excluding hydrogens is 340 g/mol. The van der Waals surface area contributed by atoms with Crippen LogP contribution in [0.3, 0.4) is 0 Å². The van der Waals surface area contributed by atoms with Crippen molar-refractivity contribution >= 4 is 21.9 Å². The van der Waals surface area contributed by atoms with E-state index >= 15 is 0 Å². The Morgan fingerprint density at radius 2 is 2.14 bits per heavy atom. The molecule has 114 valence electrons. The summed E-state index contributed by atoms with van der Waals surface area (Å²) in [6.45, 7) is 5.53. The Morgan fingerprint density at radius 1 is 1.52 bits per heavy atom. The third-order valence-corrected chi connectivity index (χ3v) is 3.48. The van der Waals surface area contributed by atoms with E-state index in [1.165, 1.54) is 17.9 Å². The molecule has 0 aromatic carbocycles. The Morgan fingerprint density at radius 3 is 2.57 bits per heavy atom. The summed E-state index contributed by atoms with van der Waals surface area (Å²) >= 11 is 3.25. The number of hydrogen-bond acceptors (Lipinski definition) is 5. The van der Waals surface area contributed by atoms with E-state index in [1.807, 2.05) is 6.07 Å². The van der Waals surface area contributed by atoms with Crippen molar-refractivity contribution in [2.75, 3.05) is 13.7 Å². The predicted molar refractivity (Wildman–Crippen MR) is 80.2 cm³/mol. The van der Waals surface area contributed by atoms with Gasteiger partial charge >= 0.3 is 5.97 Å². The van der Waals surface area contributed by atoms with Gasteiger partial charge in [0.15, 0.2) is 11.3 Å². The first-order valence-electron chi connectivity index (χ1n) is 6.44. The lowest BCUT2D eigenvalue weighted by Crippen LogP contribution is -2.35.